The summed E-state index contributed by atoms with van der Waals surface area (Å²) in [4.78, 5) is 25.4. The summed E-state index contributed by atoms with van der Waals surface area (Å²) in [6, 6.07) is -0.583. The van der Waals surface area contributed by atoms with Crippen molar-refractivity contribution in [3.05, 3.63) is 0 Å². The number of carbonyl (C=O) groups is 2. The van der Waals surface area contributed by atoms with Crippen LogP contribution in [0.15, 0.2) is 0 Å². The van der Waals surface area contributed by atoms with Crippen LogP contribution in [0.1, 0.15) is 53.4 Å². The molecule has 1 amide bonds. The fraction of sp³-hybridized carbons (Fsp3) is 0.867. The number of hydrogen-bond donors (Lipinski definition) is 0. The molecule has 0 spiro atoms. The van der Waals surface area contributed by atoms with Gasteiger partial charge < -0.3 is 9.47 Å². The van der Waals surface area contributed by atoms with Crippen LogP contribution in [-0.4, -0.2) is 42.8 Å². The van der Waals surface area contributed by atoms with Crippen LogP contribution >= 0.6 is 0 Å². The maximum atomic E-state index is 12.1. The minimum absolute atomic E-state index is 0.120. The molecular weight excluding hydrogens is 258 g/mol. The molecule has 5 heteroatoms. The Morgan fingerprint density at radius 1 is 1.30 bits per heavy atom. The van der Waals surface area contributed by atoms with Crippen LogP contribution in [0.4, 0.5) is 4.79 Å². The number of rotatable bonds is 4. The van der Waals surface area contributed by atoms with Gasteiger partial charge in [0.05, 0.1) is 7.11 Å². The second-order valence-electron chi connectivity index (χ2n) is 7.00. The zero-order valence-corrected chi connectivity index (χ0v) is 13.5. The first-order valence-electron chi connectivity index (χ1n) is 7.12. The summed E-state index contributed by atoms with van der Waals surface area (Å²) in [5.74, 6) is -0.383. The van der Waals surface area contributed by atoms with Crippen LogP contribution in [0, 0.1) is 5.41 Å². The minimum atomic E-state index is -0.583. The van der Waals surface area contributed by atoms with E-state index in [1.165, 1.54) is 18.4 Å². The first-order chi connectivity index (χ1) is 9.08. The number of nitrogens with zero attached hydrogens (tertiary/aromatic N) is 1. The molecule has 1 aliphatic carbocycles. The van der Waals surface area contributed by atoms with Gasteiger partial charge in [-0.1, -0.05) is 13.3 Å². The molecule has 1 rings (SSSR count). The van der Waals surface area contributed by atoms with Crippen molar-refractivity contribution < 1.29 is 19.1 Å². The minimum Gasteiger partial charge on any atom is -0.467 e. The van der Waals surface area contributed by atoms with Gasteiger partial charge in [0.25, 0.3) is 0 Å². The third-order valence-corrected chi connectivity index (χ3v) is 3.87. The topological polar surface area (TPSA) is 55.8 Å². The molecule has 0 N–H and O–H groups in total. The van der Waals surface area contributed by atoms with Crippen LogP contribution < -0.4 is 0 Å². The van der Waals surface area contributed by atoms with Gasteiger partial charge in [0, 0.05) is 7.05 Å². The molecule has 0 heterocycles. The molecule has 1 unspecified atom stereocenters. The number of esters is 1. The number of ether oxygens (including phenoxy) is 2. The lowest BCUT2D eigenvalue weighted by Gasteiger charge is -2.42. The van der Waals surface area contributed by atoms with E-state index in [9.17, 15) is 9.59 Å². The Balaban J connectivity index is 2.76. The fourth-order valence-electron chi connectivity index (χ4n) is 2.43. The normalized spacial score (nSPS) is 18.7. The first kappa shape index (κ1) is 16.8. The van der Waals surface area contributed by atoms with Gasteiger partial charge in [0.15, 0.2) is 0 Å². The van der Waals surface area contributed by atoms with Crippen LogP contribution in [0.3, 0.4) is 0 Å². The van der Waals surface area contributed by atoms with Crippen molar-refractivity contribution in [3.8, 4) is 0 Å². The van der Waals surface area contributed by atoms with Gasteiger partial charge in [-0.3, -0.25) is 4.90 Å². The molecule has 116 valence electrons. The number of methoxy groups -OCH3 is 1. The molecule has 1 aliphatic rings. The number of likely N-dealkylation sites (N-methyl/N-ethyl adjacent to an activating group) is 1. The van der Waals surface area contributed by atoms with Crippen LogP contribution in [0.5, 0.6) is 0 Å². The lowest BCUT2D eigenvalue weighted by Crippen LogP contribution is -2.48. The molecule has 1 saturated carbocycles. The van der Waals surface area contributed by atoms with Crippen molar-refractivity contribution in [1.82, 2.24) is 4.90 Å². The van der Waals surface area contributed by atoms with Crippen molar-refractivity contribution in [2.75, 3.05) is 14.2 Å². The highest BCUT2D eigenvalue weighted by Gasteiger charge is 2.40. The van der Waals surface area contributed by atoms with E-state index < -0.39 is 17.7 Å². The standard InChI is InChI=1S/C15H27NO4/c1-14(2,3)20-13(18)16(5)11(12(17)19-6)10-15(4)8-7-9-15/h11H,7-10H2,1-6H3. The molecule has 20 heavy (non-hydrogen) atoms. The lowest BCUT2D eigenvalue weighted by molar-refractivity contribution is -0.148. The SMILES string of the molecule is COC(=O)C(CC1(C)CCC1)N(C)C(=O)OC(C)(C)C. The van der Waals surface area contributed by atoms with Gasteiger partial charge in [0.2, 0.25) is 0 Å². The van der Waals surface area contributed by atoms with Gasteiger partial charge in [-0.15, -0.1) is 0 Å². The monoisotopic (exact) mass is 285 g/mol. The predicted molar refractivity (Wildman–Crippen MR) is 76.4 cm³/mol. The maximum absolute atomic E-state index is 12.1. The zero-order chi connectivity index (χ0) is 15.6. The molecule has 0 bridgehead atoms. The summed E-state index contributed by atoms with van der Waals surface area (Å²) in [7, 11) is 2.94. The predicted octanol–water partition coefficient (Wildman–Crippen LogP) is 2.98. The van der Waals surface area contributed by atoms with Crippen molar-refractivity contribution in [3.63, 3.8) is 0 Å². The summed E-state index contributed by atoms with van der Waals surface area (Å²) in [5, 5.41) is 0. The van der Waals surface area contributed by atoms with E-state index in [1.54, 1.807) is 27.8 Å². The highest BCUT2D eigenvalue weighted by molar-refractivity contribution is 5.81. The summed E-state index contributed by atoms with van der Waals surface area (Å²) in [6.07, 6.45) is 3.48. The van der Waals surface area contributed by atoms with Crippen LogP contribution in [-0.2, 0) is 14.3 Å². The van der Waals surface area contributed by atoms with Crippen LogP contribution in [0.25, 0.3) is 0 Å². The highest BCUT2D eigenvalue weighted by Crippen LogP contribution is 2.44. The van der Waals surface area contributed by atoms with E-state index in [4.69, 9.17) is 9.47 Å². The lowest BCUT2D eigenvalue weighted by atomic mass is 9.67. The van der Waals surface area contributed by atoms with E-state index in [0.29, 0.717) is 6.42 Å². The van der Waals surface area contributed by atoms with Gasteiger partial charge >= 0.3 is 12.1 Å². The number of carbonyl (C=O) groups excluding carboxylic acids is 2. The fourth-order valence-corrected chi connectivity index (χ4v) is 2.43. The van der Waals surface area contributed by atoms with E-state index in [0.717, 1.165) is 12.8 Å². The van der Waals surface area contributed by atoms with E-state index in [-0.39, 0.29) is 11.4 Å². The molecule has 0 aromatic carbocycles. The van der Waals surface area contributed by atoms with Crippen molar-refractivity contribution in [2.24, 2.45) is 5.41 Å². The number of amides is 1. The molecule has 5 nitrogen and oxygen atoms in total. The molecule has 0 aromatic rings. The molecule has 1 fully saturated rings. The molecule has 0 aromatic heterocycles. The smallest absolute Gasteiger partial charge is 0.410 e. The Hall–Kier alpha value is -1.26. The molecule has 0 radical (unpaired) electrons. The van der Waals surface area contributed by atoms with Crippen molar-refractivity contribution in [2.45, 2.75) is 65.0 Å². The second-order valence-corrected chi connectivity index (χ2v) is 7.00. The van der Waals surface area contributed by atoms with Gasteiger partial charge in [-0.25, -0.2) is 9.59 Å². The Bertz CT molecular complexity index is 369. The van der Waals surface area contributed by atoms with Crippen LogP contribution in [0.2, 0.25) is 0 Å². The van der Waals surface area contributed by atoms with Gasteiger partial charge in [-0.05, 0) is 45.4 Å². The summed E-state index contributed by atoms with van der Waals surface area (Å²) < 4.78 is 10.2. The van der Waals surface area contributed by atoms with E-state index in [2.05, 4.69) is 6.92 Å². The Morgan fingerprint density at radius 3 is 2.20 bits per heavy atom. The molecule has 0 saturated heterocycles. The summed E-state index contributed by atoms with van der Waals surface area (Å²) in [5.41, 5.74) is -0.457. The summed E-state index contributed by atoms with van der Waals surface area (Å²) in [6.45, 7) is 7.56. The second kappa shape index (κ2) is 6.02. The largest absolute Gasteiger partial charge is 0.467 e. The van der Waals surface area contributed by atoms with Gasteiger partial charge in [0.1, 0.15) is 11.6 Å². The molecular formula is C15H27NO4. The highest BCUT2D eigenvalue weighted by atomic mass is 16.6. The van der Waals surface area contributed by atoms with E-state index in [1.807, 2.05) is 0 Å². The van der Waals surface area contributed by atoms with Crippen molar-refractivity contribution >= 4 is 12.1 Å². The average Bonchev–Trinajstić information content (AvgIpc) is 2.29. The Morgan fingerprint density at radius 2 is 1.85 bits per heavy atom. The zero-order valence-electron chi connectivity index (χ0n) is 13.5. The third kappa shape index (κ3) is 4.39. The first-order valence-corrected chi connectivity index (χ1v) is 7.12. The summed E-state index contributed by atoms with van der Waals surface area (Å²) >= 11 is 0. The van der Waals surface area contributed by atoms with E-state index >= 15 is 0 Å². The van der Waals surface area contributed by atoms with Gasteiger partial charge in [-0.2, -0.15) is 0 Å². The number of hydrogen-bond acceptors (Lipinski definition) is 4. The van der Waals surface area contributed by atoms with Crippen molar-refractivity contribution in [1.29, 1.82) is 0 Å². The maximum Gasteiger partial charge on any atom is 0.410 e. The third-order valence-electron chi connectivity index (χ3n) is 3.87. The molecule has 0 aliphatic heterocycles. The molecule has 1 atom stereocenters. The Kier molecular flexibility index (Phi) is 5.05. The average molecular weight is 285 g/mol. The quantitative estimate of drug-likeness (QED) is 0.745. The Labute approximate surface area is 121 Å².